The standard InChI is InChI=1S/C13H24N4OS/c1-9(2)17-4-5-18-12(7-17)11(16-14)6-13-15-10(3)8-19-13/h8-9,11-12,16H,4-7,14H2,1-3H3. The Balaban J connectivity index is 1.96. The molecule has 1 aliphatic rings. The van der Waals surface area contributed by atoms with E-state index in [1.54, 1.807) is 11.3 Å². The second-order valence-electron chi connectivity index (χ2n) is 5.36. The van der Waals surface area contributed by atoms with E-state index in [0.717, 1.165) is 36.8 Å². The molecule has 2 unspecified atom stereocenters. The van der Waals surface area contributed by atoms with E-state index in [1.807, 2.05) is 6.92 Å². The summed E-state index contributed by atoms with van der Waals surface area (Å²) >= 11 is 1.69. The summed E-state index contributed by atoms with van der Waals surface area (Å²) in [5, 5.41) is 3.19. The van der Waals surface area contributed by atoms with Gasteiger partial charge in [-0.15, -0.1) is 11.3 Å². The first kappa shape index (κ1) is 14.9. The third-order valence-corrected chi connectivity index (χ3v) is 4.57. The molecule has 2 rings (SSSR count). The van der Waals surface area contributed by atoms with E-state index in [2.05, 4.69) is 34.5 Å². The Morgan fingerprint density at radius 1 is 1.63 bits per heavy atom. The summed E-state index contributed by atoms with van der Waals surface area (Å²) in [6, 6.07) is 0.666. The molecule has 1 aromatic rings. The maximum Gasteiger partial charge on any atom is 0.0945 e. The zero-order chi connectivity index (χ0) is 13.8. The molecular weight excluding hydrogens is 260 g/mol. The number of thiazole rings is 1. The van der Waals surface area contributed by atoms with Gasteiger partial charge in [0, 0.05) is 36.6 Å². The summed E-state index contributed by atoms with van der Waals surface area (Å²) in [7, 11) is 0. The minimum atomic E-state index is 0.118. The molecule has 1 aromatic heterocycles. The predicted octanol–water partition coefficient (Wildman–Crippen LogP) is 0.935. The van der Waals surface area contributed by atoms with Crippen LogP contribution in [0.5, 0.6) is 0 Å². The lowest BCUT2D eigenvalue weighted by molar-refractivity contribution is -0.0552. The Hall–Kier alpha value is -0.530. The number of aromatic nitrogens is 1. The summed E-state index contributed by atoms with van der Waals surface area (Å²) in [4.78, 5) is 6.94. The quantitative estimate of drug-likeness (QED) is 0.622. The minimum absolute atomic E-state index is 0.118. The number of nitrogens with zero attached hydrogens (tertiary/aromatic N) is 2. The van der Waals surface area contributed by atoms with Crippen molar-refractivity contribution in [3.63, 3.8) is 0 Å². The van der Waals surface area contributed by atoms with E-state index in [9.17, 15) is 0 Å². The first-order valence-corrected chi connectivity index (χ1v) is 7.71. The molecule has 0 bridgehead atoms. The summed E-state index contributed by atoms with van der Waals surface area (Å²) in [6.45, 7) is 9.16. The van der Waals surface area contributed by atoms with Gasteiger partial charge in [0.25, 0.3) is 0 Å². The van der Waals surface area contributed by atoms with Crippen molar-refractivity contribution >= 4 is 11.3 Å². The third-order valence-electron chi connectivity index (χ3n) is 3.58. The molecule has 0 amide bonds. The Labute approximate surface area is 119 Å². The molecule has 2 atom stereocenters. The second-order valence-corrected chi connectivity index (χ2v) is 6.30. The number of hydrogen-bond donors (Lipinski definition) is 2. The van der Waals surface area contributed by atoms with Crippen molar-refractivity contribution in [2.45, 2.75) is 45.4 Å². The van der Waals surface area contributed by atoms with Gasteiger partial charge < -0.3 is 4.74 Å². The first-order chi connectivity index (χ1) is 9.10. The number of ether oxygens (including phenoxy) is 1. The van der Waals surface area contributed by atoms with Crippen LogP contribution in [0.2, 0.25) is 0 Å². The molecule has 1 aliphatic heterocycles. The van der Waals surface area contributed by atoms with Gasteiger partial charge in [0.05, 0.1) is 23.8 Å². The molecule has 0 saturated carbocycles. The maximum absolute atomic E-state index is 5.88. The Morgan fingerprint density at radius 3 is 3.00 bits per heavy atom. The number of morpholine rings is 1. The van der Waals surface area contributed by atoms with Crippen molar-refractivity contribution in [1.82, 2.24) is 15.3 Å². The highest BCUT2D eigenvalue weighted by Crippen LogP contribution is 2.17. The average Bonchev–Trinajstić information content (AvgIpc) is 2.81. The molecular formula is C13H24N4OS. The zero-order valence-corrected chi connectivity index (χ0v) is 12.7. The molecule has 0 aromatic carbocycles. The topological polar surface area (TPSA) is 63.4 Å². The molecule has 0 spiro atoms. The normalized spacial score (nSPS) is 22.9. The van der Waals surface area contributed by atoms with Gasteiger partial charge in [-0.3, -0.25) is 16.2 Å². The van der Waals surface area contributed by atoms with Crippen LogP contribution in [0.1, 0.15) is 24.5 Å². The fourth-order valence-corrected chi connectivity index (χ4v) is 3.22. The summed E-state index contributed by atoms with van der Waals surface area (Å²) in [5.74, 6) is 5.71. The van der Waals surface area contributed by atoms with Crippen molar-refractivity contribution in [2.24, 2.45) is 5.84 Å². The van der Waals surface area contributed by atoms with E-state index in [-0.39, 0.29) is 12.1 Å². The number of nitrogens with one attached hydrogen (secondary N) is 1. The highest BCUT2D eigenvalue weighted by Gasteiger charge is 2.29. The molecule has 6 heteroatoms. The lowest BCUT2D eigenvalue weighted by Gasteiger charge is -2.38. The molecule has 1 fully saturated rings. The number of hydrazine groups is 1. The Kier molecular flexibility index (Phi) is 5.29. The second kappa shape index (κ2) is 6.76. The van der Waals surface area contributed by atoms with Crippen LogP contribution in [0.3, 0.4) is 0 Å². The molecule has 0 radical (unpaired) electrons. The van der Waals surface area contributed by atoms with Crippen molar-refractivity contribution in [2.75, 3.05) is 19.7 Å². The summed E-state index contributed by atoms with van der Waals surface area (Å²) in [6.07, 6.45) is 0.955. The number of hydrogen-bond acceptors (Lipinski definition) is 6. The Morgan fingerprint density at radius 2 is 2.42 bits per heavy atom. The first-order valence-electron chi connectivity index (χ1n) is 6.83. The number of rotatable bonds is 5. The predicted molar refractivity (Wildman–Crippen MR) is 78.1 cm³/mol. The van der Waals surface area contributed by atoms with Crippen LogP contribution >= 0.6 is 11.3 Å². The van der Waals surface area contributed by atoms with Crippen LogP contribution in [0, 0.1) is 6.92 Å². The fraction of sp³-hybridized carbons (Fsp3) is 0.769. The lowest BCUT2D eigenvalue weighted by atomic mass is 10.1. The van der Waals surface area contributed by atoms with Crippen LogP contribution in [-0.2, 0) is 11.2 Å². The van der Waals surface area contributed by atoms with Crippen molar-refractivity contribution in [1.29, 1.82) is 0 Å². The summed E-state index contributed by atoms with van der Waals surface area (Å²) < 4.78 is 5.88. The lowest BCUT2D eigenvalue weighted by Crippen LogP contribution is -2.56. The molecule has 1 saturated heterocycles. The molecule has 2 heterocycles. The van der Waals surface area contributed by atoms with E-state index in [0.29, 0.717) is 6.04 Å². The molecule has 5 nitrogen and oxygen atoms in total. The fourth-order valence-electron chi connectivity index (χ4n) is 2.39. The monoisotopic (exact) mass is 284 g/mol. The van der Waals surface area contributed by atoms with E-state index in [4.69, 9.17) is 10.6 Å². The molecule has 0 aliphatic carbocycles. The van der Waals surface area contributed by atoms with Crippen LogP contribution in [0.15, 0.2) is 5.38 Å². The average molecular weight is 284 g/mol. The van der Waals surface area contributed by atoms with Gasteiger partial charge in [-0.1, -0.05) is 0 Å². The van der Waals surface area contributed by atoms with Gasteiger partial charge in [0.15, 0.2) is 0 Å². The minimum Gasteiger partial charge on any atom is -0.374 e. The van der Waals surface area contributed by atoms with Crippen LogP contribution < -0.4 is 11.3 Å². The Bertz CT molecular complexity index is 396. The van der Waals surface area contributed by atoms with Gasteiger partial charge in [0.2, 0.25) is 0 Å². The third kappa shape index (κ3) is 3.97. The largest absolute Gasteiger partial charge is 0.374 e. The smallest absolute Gasteiger partial charge is 0.0945 e. The van der Waals surface area contributed by atoms with Gasteiger partial charge in [0.1, 0.15) is 0 Å². The SMILES string of the molecule is Cc1csc(CC(NN)C2CN(C(C)C)CCO2)n1. The number of nitrogens with two attached hydrogens (primary N) is 1. The van der Waals surface area contributed by atoms with Crippen molar-refractivity contribution in [3.05, 3.63) is 16.1 Å². The highest BCUT2D eigenvalue weighted by molar-refractivity contribution is 7.09. The van der Waals surface area contributed by atoms with Gasteiger partial charge >= 0.3 is 0 Å². The van der Waals surface area contributed by atoms with Gasteiger partial charge in [-0.2, -0.15) is 0 Å². The van der Waals surface area contributed by atoms with Crippen LogP contribution in [0.25, 0.3) is 0 Å². The van der Waals surface area contributed by atoms with E-state index >= 15 is 0 Å². The van der Waals surface area contributed by atoms with E-state index < -0.39 is 0 Å². The van der Waals surface area contributed by atoms with Crippen molar-refractivity contribution < 1.29 is 4.74 Å². The van der Waals surface area contributed by atoms with Crippen molar-refractivity contribution in [3.8, 4) is 0 Å². The van der Waals surface area contributed by atoms with Crippen LogP contribution in [-0.4, -0.2) is 47.8 Å². The molecule has 3 N–H and O–H groups in total. The van der Waals surface area contributed by atoms with Crippen LogP contribution in [0.4, 0.5) is 0 Å². The van der Waals surface area contributed by atoms with Gasteiger partial charge in [-0.05, 0) is 20.8 Å². The maximum atomic E-state index is 5.88. The molecule has 19 heavy (non-hydrogen) atoms. The van der Waals surface area contributed by atoms with Gasteiger partial charge in [-0.25, -0.2) is 4.98 Å². The zero-order valence-electron chi connectivity index (χ0n) is 11.9. The summed E-state index contributed by atoms with van der Waals surface area (Å²) in [5.41, 5.74) is 3.98. The molecule has 108 valence electrons. The highest BCUT2D eigenvalue weighted by atomic mass is 32.1. The number of aryl methyl sites for hydroxylation is 1. The van der Waals surface area contributed by atoms with E-state index in [1.165, 1.54) is 0 Å².